The second-order valence-electron chi connectivity index (χ2n) is 5.95. The number of carbonyl (C=O) groups excluding carboxylic acids is 1. The van der Waals surface area contributed by atoms with Crippen molar-refractivity contribution in [2.45, 2.75) is 45.4 Å². The molecule has 0 bridgehead atoms. The van der Waals surface area contributed by atoms with E-state index in [4.69, 9.17) is 5.73 Å². The van der Waals surface area contributed by atoms with Gasteiger partial charge in [-0.05, 0) is 50.0 Å². The average Bonchev–Trinajstić information content (AvgIpc) is 3.19. The molecule has 98 valence electrons. The van der Waals surface area contributed by atoms with Crippen molar-refractivity contribution in [1.29, 1.82) is 0 Å². The zero-order chi connectivity index (χ0) is 12.3. The van der Waals surface area contributed by atoms with Crippen molar-refractivity contribution < 1.29 is 4.79 Å². The van der Waals surface area contributed by atoms with Crippen molar-refractivity contribution in [2.24, 2.45) is 29.4 Å². The molecular weight excluding hydrogens is 212 g/mol. The molecule has 0 radical (unpaired) electrons. The Balaban J connectivity index is 1.76. The quantitative estimate of drug-likeness (QED) is 0.769. The van der Waals surface area contributed by atoms with Gasteiger partial charge in [0.25, 0.3) is 0 Å². The van der Waals surface area contributed by atoms with Gasteiger partial charge in [-0.1, -0.05) is 19.8 Å². The molecule has 1 amide bonds. The number of rotatable bonds is 5. The van der Waals surface area contributed by atoms with Crippen LogP contribution in [-0.2, 0) is 4.79 Å². The van der Waals surface area contributed by atoms with Crippen molar-refractivity contribution >= 4 is 5.91 Å². The molecule has 2 saturated carbocycles. The standard InChI is InChI=1S/C14H26N2O/c1-10(11-6-7-11)9-16-14(17)13-5-3-2-4-12(13)8-15/h10-13H,2-9,15H2,1H3,(H,16,17). The van der Waals surface area contributed by atoms with Crippen molar-refractivity contribution in [3.8, 4) is 0 Å². The predicted octanol–water partition coefficient (Wildman–Crippen LogP) is 1.91. The Morgan fingerprint density at radius 3 is 2.65 bits per heavy atom. The van der Waals surface area contributed by atoms with Crippen LogP contribution in [0.3, 0.4) is 0 Å². The number of amides is 1. The molecule has 0 spiro atoms. The lowest BCUT2D eigenvalue weighted by Crippen LogP contribution is -2.41. The maximum atomic E-state index is 12.1. The van der Waals surface area contributed by atoms with E-state index >= 15 is 0 Å². The third kappa shape index (κ3) is 3.44. The summed E-state index contributed by atoms with van der Waals surface area (Å²) in [5, 5.41) is 3.14. The molecule has 3 nitrogen and oxygen atoms in total. The summed E-state index contributed by atoms with van der Waals surface area (Å²) in [6.45, 7) is 3.77. The first-order valence-electron chi connectivity index (χ1n) is 7.20. The van der Waals surface area contributed by atoms with Crippen molar-refractivity contribution in [3.05, 3.63) is 0 Å². The van der Waals surface area contributed by atoms with E-state index in [2.05, 4.69) is 12.2 Å². The minimum atomic E-state index is 0.181. The lowest BCUT2D eigenvalue weighted by Gasteiger charge is -2.29. The number of carbonyl (C=O) groups is 1. The molecule has 0 heterocycles. The van der Waals surface area contributed by atoms with Gasteiger partial charge in [0.2, 0.25) is 5.91 Å². The van der Waals surface area contributed by atoms with E-state index in [1.54, 1.807) is 0 Å². The van der Waals surface area contributed by atoms with Crippen LogP contribution in [0, 0.1) is 23.7 Å². The third-order valence-corrected chi connectivity index (χ3v) is 4.57. The van der Waals surface area contributed by atoms with Gasteiger partial charge in [-0.15, -0.1) is 0 Å². The second-order valence-corrected chi connectivity index (χ2v) is 5.95. The summed E-state index contributed by atoms with van der Waals surface area (Å²) < 4.78 is 0. The van der Waals surface area contributed by atoms with Gasteiger partial charge in [0.05, 0.1) is 0 Å². The monoisotopic (exact) mass is 238 g/mol. The Morgan fingerprint density at radius 2 is 2.00 bits per heavy atom. The van der Waals surface area contributed by atoms with E-state index in [1.165, 1.54) is 25.7 Å². The van der Waals surface area contributed by atoms with Gasteiger partial charge in [0, 0.05) is 12.5 Å². The van der Waals surface area contributed by atoms with E-state index < -0.39 is 0 Å². The van der Waals surface area contributed by atoms with E-state index in [1.807, 2.05) is 0 Å². The zero-order valence-electron chi connectivity index (χ0n) is 11.0. The molecule has 0 aliphatic heterocycles. The van der Waals surface area contributed by atoms with Crippen LogP contribution in [0.25, 0.3) is 0 Å². The van der Waals surface area contributed by atoms with Crippen LogP contribution in [0.1, 0.15) is 45.4 Å². The molecule has 3 heteroatoms. The highest BCUT2D eigenvalue weighted by Gasteiger charge is 2.31. The van der Waals surface area contributed by atoms with Gasteiger partial charge in [-0.2, -0.15) is 0 Å². The Kier molecular flexibility index (Phi) is 4.43. The zero-order valence-corrected chi connectivity index (χ0v) is 11.0. The second kappa shape index (κ2) is 5.85. The first kappa shape index (κ1) is 12.9. The minimum Gasteiger partial charge on any atom is -0.356 e. The van der Waals surface area contributed by atoms with E-state index in [0.717, 1.165) is 25.3 Å². The first-order valence-corrected chi connectivity index (χ1v) is 7.20. The third-order valence-electron chi connectivity index (χ3n) is 4.57. The van der Waals surface area contributed by atoms with Gasteiger partial charge in [-0.25, -0.2) is 0 Å². The smallest absolute Gasteiger partial charge is 0.223 e. The molecule has 2 fully saturated rings. The molecule has 2 rings (SSSR count). The van der Waals surface area contributed by atoms with Crippen LogP contribution >= 0.6 is 0 Å². The summed E-state index contributed by atoms with van der Waals surface area (Å²) in [4.78, 5) is 12.1. The molecule has 0 aromatic carbocycles. The lowest BCUT2D eigenvalue weighted by atomic mass is 9.78. The Hall–Kier alpha value is -0.570. The Bertz CT molecular complexity index is 263. The maximum Gasteiger partial charge on any atom is 0.223 e. The summed E-state index contributed by atoms with van der Waals surface area (Å²) in [6.07, 6.45) is 7.30. The van der Waals surface area contributed by atoms with Crippen LogP contribution < -0.4 is 11.1 Å². The number of hydrogen-bond acceptors (Lipinski definition) is 2. The van der Waals surface area contributed by atoms with Gasteiger partial charge >= 0.3 is 0 Å². The largest absolute Gasteiger partial charge is 0.356 e. The van der Waals surface area contributed by atoms with Crippen LogP contribution in [0.4, 0.5) is 0 Å². The van der Waals surface area contributed by atoms with Crippen molar-refractivity contribution in [3.63, 3.8) is 0 Å². The fraction of sp³-hybridized carbons (Fsp3) is 0.929. The SMILES string of the molecule is CC(CNC(=O)C1CCCCC1CN)C1CC1. The highest BCUT2D eigenvalue weighted by molar-refractivity contribution is 5.79. The first-order chi connectivity index (χ1) is 8.22. The Morgan fingerprint density at radius 1 is 1.29 bits per heavy atom. The molecule has 17 heavy (non-hydrogen) atoms. The topological polar surface area (TPSA) is 55.1 Å². The lowest BCUT2D eigenvalue weighted by molar-refractivity contribution is -0.127. The minimum absolute atomic E-state index is 0.181. The molecule has 2 aliphatic rings. The fourth-order valence-electron chi connectivity index (χ4n) is 3.06. The molecule has 2 aliphatic carbocycles. The normalized spacial score (nSPS) is 30.9. The molecule has 3 atom stereocenters. The summed E-state index contributed by atoms with van der Waals surface area (Å²) >= 11 is 0. The van der Waals surface area contributed by atoms with Crippen LogP contribution in [0.15, 0.2) is 0 Å². The molecular formula is C14H26N2O. The number of nitrogens with one attached hydrogen (secondary N) is 1. The molecule has 0 aromatic heterocycles. The summed E-state index contributed by atoms with van der Waals surface area (Å²) in [5.41, 5.74) is 5.77. The van der Waals surface area contributed by atoms with E-state index in [0.29, 0.717) is 18.4 Å². The van der Waals surface area contributed by atoms with Crippen LogP contribution in [0.2, 0.25) is 0 Å². The Labute approximate surface area is 105 Å². The summed E-state index contributed by atoms with van der Waals surface area (Å²) in [6, 6.07) is 0. The maximum absolute atomic E-state index is 12.1. The molecule has 3 N–H and O–H groups in total. The fourth-order valence-corrected chi connectivity index (χ4v) is 3.06. The van der Waals surface area contributed by atoms with Crippen LogP contribution in [-0.4, -0.2) is 19.0 Å². The number of nitrogens with two attached hydrogens (primary N) is 1. The molecule has 0 aromatic rings. The van der Waals surface area contributed by atoms with Crippen molar-refractivity contribution in [2.75, 3.05) is 13.1 Å². The number of hydrogen-bond donors (Lipinski definition) is 2. The van der Waals surface area contributed by atoms with E-state index in [-0.39, 0.29) is 11.8 Å². The predicted molar refractivity (Wildman–Crippen MR) is 69.4 cm³/mol. The molecule has 3 unspecified atom stereocenters. The molecule has 0 saturated heterocycles. The average molecular weight is 238 g/mol. The van der Waals surface area contributed by atoms with E-state index in [9.17, 15) is 4.79 Å². The highest BCUT2D eigenvalue weighted by Crippen LogP contribution is 2.36. The van der Waals surface area contributed by atoms with Gasteiger partial charge in [-0.3, -0.25) is 4.79 Å². The van der Waals surface area contributed by atoms with Gasteiger partial charge in [0.1, 0.15) is 0 Å². The summed E-state index contributed by atoms with van der Waals surface area (Å²) in [5.74, 6) is 2.37. The van der Waals surface area contributed by atoms with Gasteiger partial charge in [0.15, 0.2) is 0 Å². The van der Waals surface area contributed by atoms with Crippen molar-refractivity contribution in [1.82, 2.24) is 5.32 Å². The van der Waals surface area contributed by atoms with Gasteiger partial charge < -0.3 is 11.1 Å². The highest BCUT2D eigenvalue weighted by atomic mass is 16.1. The van der Waals surface area contributed by atoms with Crippen LogP contribution in [0.5, 0.6) is 0 Å². The summed E-state index contributed by atoms with van der Waals surface area (Å²) in [7, 11) is 0.